The van der Waals surface area contributed by atoms with Crippen molar-refractivity contribution in [3.05, 3.63) is 16.5 Å². The second kappa shape index (κ2) is 5.57. The molecule has 0 aromatic carbocycles. The van der Waals surface area contributed by atoms with E-state index in [1.807, 2.05) is 0 Å². The molecule has 2 N–H and O–H groups in total. The smallest absolute Gasteiger partial charge is 0.288 e. The maximum atomic E-state index is 15.4. The fraction of sp³-hybridized carbons (Fsp3) is 0.500. The second-order valence-corrected chi connectivity index (χ2v) is 6.40. The van der Waals surface area contributed by atoms with Crippen molar-refractivity contribution in [1.29, 1.82) is 0 Å². The Balaban J connectivity index is 1.88. The quantitative estimate of drug-likeness (QED) is 0.644. The summed E-state index contributed by atoms with van der Waals surface area (Å²) >= 11 is 1.21. The maximum absolute atomic E-state index is 15.4. The number of rotatable bonds is 4. The van der Waals surface area contributed by atoms with Crippen LogP contribution >= 0.6 is 11.3 Å². The molecule has 0 radical (unpaired) electrons. The molecule has 1 unspecified atom stereocenters. The van der Waals surface area contributed by atoms with Crippen molar-refractivity contribution >= 4 is 34.1 Å². The fourth-order valence-electron chi connectivity index (χ4n) is 2.90. The van der Waals surface area contributed by atoms with Gasteiger partial charge in [-0.2, -0.15) is 0 Å². The number of carbonyl (C=O) groups excluding carboxylic acids is 3. The third-order valence-electron chi connectivity index (χ3n) is 4.21. The Morgan fingerprint density at radius 2 is 2.17 bits per heavy atom. The molecule has 1 fully saturated rings. The molecule has 23 heavy (non-hydrogen) atoms. The van der Waals surface area contributed by atoms with Crippen molar-refractivity contribution in [1.82, 2.24) is 9.80 Å². The predicted molar refractivity (Wildman–Crippen MR) is 80.3 cm³/mol. The van der Waals surface area contributed by atoms with E-state index in [-0.39, 0.29) is 32.5 Å². The topological polar surface area (TPSA) is 92.9 Å². The summed E-state index contributed by atoms with van der Waals surface area (Å²) in [7, 11) is 1.42. The van der Waals surface area contributed by atoms with Crippen LogP contribution < -0.4 is 5.73 Å². The highest BCUT2D eigenvalue weighted by molar-refractivity contribution is 7.14. The molecule has 3 heterocycles. The first-order chi connectivity index (χ1) is 10.9. The van der Waals surface area contributed by atoms with E-state index in [0.29, 0.717) is 16.1 Å². The van der Waals surface area contributed by atoms with Crippen LogP contribution in [0, 0.1) is 0 Å². The van der Waals surface area contributed by atoms with Crippen molar-refractivity contribution in [2.24, 2.45) is 0 Å². The highest BCUT2D eigenvalue weighted by Gasteiger charge is 2.55. The zero-order valence-corrected chi connectivity index (χ0v) is 13.3. The van der Waals surface area contributed by atoms with Crippen molar-refractivity contribution in [2.75, 3.05) is 26.0 Å². The molecule has 1 atom stereocenters. The van der Waals surface area contributed by atoms with Gasteiger partial charge in [-0.15, -0.1) is 11.3 Å². The summed E-state index contributed by atoms with van der Waals surface area (Å²) in [6.07, 6.45) is -0.481. The molecule has 0 saturated carbocycles. The molecule has 7 nitrogen and oxygen atoms in total. The van der Waals surface area contributed by atoms with Gasteiger partial charge in [0.05, 0.1) is 30.3 Å². The minimum atomic E-state index is -2.53. The van der Waals surface area contributed by atoms with Crippen LogP contribution in [-0.4, -0.2) is 53.6 Å². The number of ether oxygens (including phenoxy) is 1. The average molecular weight is 341 g/mol. The first kappa shape index (κ1) is 15.9. The predicted octanol–water partition coefficient (Wildman–Crippen LogP) is 0.747. The van der Waals surface area contributed by atoms with Gasteiger partial charge >= 0.3 is 0 Å². The van der Waals surface area contributed by atoms with Crippen LogP contribution in [0.25, 0.3) is 0 Å². The monoisotopic (exact) mass is 341 g/mol. The van der Waals surface area contributed by atoms with Gasteiger partial charge in [-0.25, -0.2) is 4.39 Å². The molecule has 1 saturated heterocycles. The van der Waals surface area contributed by atoms with Crippen LogP contribution in [0.3, 0.4) is 0 Å². The number of fused-ring (bicyclic) bond motifs is 1. The lowest BCUT2D eigenvalue weighted by Crippen LogP contribution is -2.62. The first-order valence-electron chi connectivity index (χ1n) is 7.10. The third-order valence-corrected chi connectivity index (χ3v) is 5.06. The fourth-order valence-corrected chi connectivity index (χ4v) is 3.70. The molecule has 2 aliphatic rings. The van der Waals surface area contributed by atoms with E-state index in [9.17, 15) is 14.4 Å². The van der Waals surface area contributed by atoms with Gasteiger partial charge in [0.1, 0.15) is 0 Å². The number of piperidine rings is 1. The molecule has 2 aliphatic heterocycles. The molecule has 0 aliphatic carbocycles. The lowest BCUT2D eigenvalue weighted by molar-refractivity contribution is -0.170. The molecule has 0 spiro atoms. The van der Waals surface area contributed by atoms with Gasteiger partial charge in [0, 0.05) is 30.9 Å². The summed E-state index contributed by atoms with van der Waals surface area (Å²) in [5.41, 5.74) is 6.67. The van der Waals surface area contributed by atoms with E-state index in [4.69, 9.17) is 10.5 Å². The maximum Gasteiger partial charge on any atom is 0.288 e. The molecule has 0 bridgehead atoms. The van der Waals surface area contributed by atoms with Gasteiger partial charge < -0.3 is 10.5 Å². The van der Waals surface area contributed by atoms with Gasteiger partial charge in [0.15, 0.2) is 0 Å². The number of halogens is 1. The van der Waals surface area contributed by atoms with E-state index >= 15 is 4.39 Å². The summed E-state index contributed by atoms with van der Waals surface area (Å²) in [5, 5.41) is 2.01. The third kappa shape index (κ3) is 2.31. The number of alkyl halides is 1. The van der Waals surface area contributed by atoms with Crippen LogP contribution in [0.1, 0.15) is 28.8 Å². The Bertz CT molecular complexity index is 692. The lowest BCUT2D eigenvalue weighted by Gasteiger charge is -2.40. The van der Waals surface area contributed by atoms with Crippen LogP contribution in [-0.2, 0) is 20.9 Å². The van der Waals surface area contributed by atoms with E-state index in [1.165, 1.54) is 18.4 Å². The van der Waals surface area contributed by atoms with Crippen molar-refractivity contribution < 1.29 is 23.5 Å². The Morgan fingerprint density at radius 3 is 2.83 bits per heavy atom. The second-order valence-electron chi connectivity index (χ2n) is 5.49. The highest BCUT2D eigenvalue weighted by Crippen LogP contribution is 2.40. The van der Waals surface area contributed by atoms with Crippen LogP contribution in [0.4, 0.5) is 9.39 Å². The Labute approximate surface area is 135 Å². The van der Waals surface area contributed by atoms with Crippen molar-refractivity contribution in [3.8, 4) is 0 Å². The number of anilines is 1. The standard InChI is InChI=1S/C14H16FN3O4S/c1-22-5-4-17-10(19)2-3-14(15,13(17)21)18-6-8-9(12(18)20)7-23-11(8)16/h7H,2-6,16H2,1H3. The minimum Gasteiger partial charge on any atom is -0.390 e. The van der Waals surface area contributed by atoms with Crippen LogP contribution in [0.2, 0.25) is 0 Å². The number of nitrogens with zero attached hydrogens (tertiary/aromatic N) is 2. The van der Waals surface area contributed by atoms with Crippen molar-refractivity contribution in [2.45, 2.75) is 25.2 Å². The van der Waals surface area contributed by atoms with Gasteiger partial charge in [0.25, 0.3) is 17.6 Å². The summed E-state index contributed by atoms with van der Waals surface area (Å²) in [5.74, 6) is -4.56. The van der Waals surface area contributed by atoms with Crippen LogP contribution in [0.15, 0.2) is 5.38 Å². The molecule has 124 valence electrons. The summed E-state index contributed by atoms with van der Waals surface area (Å²) in [4.78, 5) is 38.5. The highest BCUT2D eigenvalue weighted by atomic mass is 32.1. The zero-order valence-electron chi connectivity index (χ0n) is 12.5. The normalized spacial score (nSPS) is 24.5. The molecule has 9 heteroatoms. The van der Waals surface area contributed by atoms with E-state index in [1.54, 1.807) is 5.38 Å². The molecular formula is C14H16FN3O4S. The van der Waals surface area contributed by atoms with Crippen LogP contribution in [0.5, 0.6) is 0 Å². The van der Waals surface area contributed by atoms with E-state index < -0.39 is 23.5 Å². The number of imide groups is 1. The van der Waals surface area contributed by atoms with Gasteiger partial charge in [-0.1, -0.05) is 0 Å². The Kier molecular flexibility index (Phi) is 3.85. The van der Waals surface area contributed by atoms with Gasteiger partial charge in [-0.3, -0.25) is 24.2 Å². The number of likely N-dealkylation sites (tertiary alicyclic amines) is 1. The molecular weight excluding hydrogens is 325 g/mol. The molecule has 1 aromatic rings. The zero-order chi connectivity index (χ0) is 16.8. The number of hydrogen-bond acceptors (Lipinski definition) is 6. The number of nitrogens with two attached hydrogens (primary N) is 1. The minimum absolute atomic E-state index is 0.0365. The summed E-state index contributed by atoms with van der Waals surface area (Å²) < 4.78 is 20.3. The first-order valence-corrected chi connectivity index (χ1v) is 7.98. The van der Waals surface area contributed by atoms with E-state index in [0.717, 1.165) is 9.80 Å². The number of methoxy groups -OCH3 is 1. The average Bonchev–Trinajstić information content (AvgIpc) is 3.05. The summed E-state index contributed by atoms with van der Waals surface area (Å²) in [6.45, 7) is 0.0186. The van der Waals surface area contributed by atoms with Crippen molar-refractivity contribution in [3.63, 3.8) is 0 Å². The Hall–Kier alpha value is -2.00. The largest absolute Gasteiger partial charge is 0.390 e. The van der Waals surface area contributed by atoms with E-state index in [2.05, 4.69) is 0 Å². The number of thiophene rings is 1. The SMILES string of the molecule is COCCN1C(=O)CCC(F)(N2Cc3c(csc3N)C2=O)C1=O. The number of nitrogen functional groups attached to an aromatic ring is 1. The number of carbonyl (C=O) groups is 3. The Morgan fingerprint density at radius 1 is 1.43 bits per heavy atom. The number of hydrogen-bond donors (Lipinski definition) is 1. The number of amides is 3. The molecule has 3 amide bonds. The van der Waals surface area contributed by atoms with Gasteiger partial charge in [0.2, 0.25) is 5.91 Å². The lowest BCUT2D eigenvalue weighted by atomic mass is 9.99. The van der Waals surface area contributed by atoms with Gasteiger partial charge in [-0.05, 0) is 0 Å². The molecule has 1 aromatic heterocycles. The summed E-state index contributed by atoms with van der Waals surface area (Å²) in [6, 6.07) is 0. The molecule has 3 rings (SSSR count).